The fourth-order valence-electron chi connectivity index (χ4n) is 7.53. The number of anilines is 3. The third-order valence-corrected chi connectivity index (χ3v) is 10.9. The predicted molar refractivity (Wildman–Crippen MR) is 202 cm³/mol. The van der Waals surface area contributed by atoms with Crippen LogP contribution in [0.4, 0.5) is 17.3 Å². The highest BCUT2D eigenvalue weighted by Gasteiger charge is 2.29. The maximum atomic E-state index is 6.52. The van der Waals surface area contributed by atoms with Gasteiger partial charge in [-0.2, -0.15) is 9.97 Å². The van der Waals surface area contributed by atoms with Gasteiger partial charge in [0.15, 0.2) is 11.6 Å². The van der Waals surface area contributed by atoms with Crippen molar-refractivity contribution in [2.24, 2.45) is 0 Å². The summed E-state index contributed by atoms with van der Waals surface area (Å²) in [5, 5.41) is 6.88. The molecule has 0 saturated heterocycles. The van der Waals surface area contributed by atoms with Gasteiger partial charge in [-0.15, -0.1) is 11.3 Å². The molecule has 1 aliphatic heterocycles. The molecule has 3 aromatic heterocycles. The van der Waals surface area contributed by atoms with Crippen LogP contribution in [-0.2, 0) is 0 Å². The van der Waals surface area contributed by atoms with E-state index in [1.165, 1.54) is 31.8 Å². The molecule has 0 spiro atoms. The van der Waals surface area contributed by atoms with Crippen molar-refractivity contribution < 1.29 is 4.42 Å². The summed E-state index contributed by atoms with van der Waals surface area (Å²) in [5.74, 6) is 1.74. The Morgan fingerprint density at radius 3 is 2.02 bits per heavy atom. The van der Waals surface area contributed by atoms with Crippen molar-refractivity contribution in [3.05, 3.63) is 146 Å². The minimum atomic E-state index is 0.556. The molecular formula is C43H24N4OS. The third kappa shape index (κ3) is 3.83. The average molecular weight is 645 g/mol. The molecule has 0 fully saturated rings. The lowest BCUT2D eigenvalue weighted by Crippen LogP contribution is -2.18. The number of hydrogen-bond acceptors (Lipinski definition) is 6. The summed E-state index contributed by atoms with van der Waals surface area (Å²) < 4.78 is 8.91. The van der Waals surface area contributed by atoms with Crippen LogP contribution in [0.25, 0.3) is 86.8 Å². The van der Waals surface area contributed by atoms with Crippen LogP contribution in [-0.4, -0.2) is 15.0 Å². The number of nitrogens with zero attached hydrogens (tertiary/aromatic N) is 4. The average Bonchev–Trinajstić information content (AvgIpc) is 3.74. The van der Waals surface area contributed by atoms with Gasteiger partial charge in [0.05, 0.1) is 16.9 Å². The number of para-hydroxylation sites is 3. The summed E-state index contributed by atoms with van der Waals surface area (Å²) in [4.78, 5) is 18.1. The topological polar surface area (TPSA) is 55.1 Å². The van der Waals surface area contributed by atoms with Gasteiger partial charge in [0.25, 0.3) is 0 Å². The molecule has 11 rings (SSSR count). The molecule has 10 aromatic rings. The Hall–Kier alpha value is -6.37. The highest BCUT2D eigenvalue weighted by molar-refractivity contribution is 7.26. The molecule has 49 heavy (non-hydrogen) atoms. The van der Waals surface area contributed by atoms with E-state index >= 15 is 0 Å². The Kier molecular flexibility index (Phi) is 5.48. The number of hydrogen-bond donors (Lipinski definition) is 0. The number of rotatable bonds is 3. The molecule has 0 unspecified atom stereocenters. The first kappa shape index (κ1) is 26.7. The van der Waals surface area contributed by atoms with Crippen molar-refractivity contribution >= 4 is 81.5 Å². The van der Waals surface area contributed by atoms with Crippen molar-refractivity contribution in [3.63, 3.8) is 0 Å². The molecule has 4 heterocycles. The number of fused-ring (bicyclic) bond motifs is 8. The van der Waals surface area contributed by atoms with Gasteiger partial charge in [0, 0.05) is 47.5 Å². The van der Waals surface area contributed by atoms with Gasteiger partial charge >= 0.3 is 0 Å². The molecule has 0 bridgehead atoms. The van der Waals surface area contributed by atoms with Gasteiger partial charge in [-0.3, -0.25) is 4.90 Å². The maximum absolute atomic E-state index is 6.52. The van der Waals surface area contributed by atoms with Crippen LogP contribution in [0.3, 0.4) is 0 Å². The zero-order chi connectivity index (χ0) is 32.1. The molecule has 0 saturated carbocycles. The van der Waals surface area contributed by atoms with E-state index in [1.54, 1.807) is 11.3 Å². The van der Waals surface area contributed by atoms with Crippen molar-refractivity contribution in [1.29, 1.82) is 0 Å². The molecule has 5 nitrogen and oxygen atoms in total. The molecule has 6 heteroatoms. The van der Waals surface area contributed by atoms with E-state index in [0.29, 0.717) is 17.6 Å². The van der Waals surface area contributed by atoms with Crippen molar-refractivity contribution in [3.8, 4) is 33.9 Å². The predicted octanol–water partition coefficient (Wildman–Crippen LogP) is 12.1. The first-order valence-electron chi connectivity index (χ1n) is 16.3. The minimum absolute atomic E-state index is 0.556. The van der Waals surface area contributed by atoms with Crippen molar-refractivity contribution in [1.82, 2.24) is 15.0 Å². The summed E-state index contributed by atoms with van der Waals surface area (Å²) in [5.41, 5.74) is 7.81. The second-order valence-corrected chi connectivity index (χ2v) is 13.4. The van der Waals surface area contributed by atoms with Crippen LogP contribution in [0, 0.1) is 0 Å². The summed E-state index contributed by atoms with van der Waals surface area (Å²) in [6.07, 6.45) is 0. The Balaban J connectivity index is 1.24. The van der Waals surface area contributed by atoms with E-state index in [9.17, 15) is 0 Å². The molecule has 0 amide bonds. The van der Waals surface area contributed by atoms with Gasteiger partial charge in [0.2, 0.25) is 5.95 Å². The maximum Gasteiger partial charge on any atom is 0.238 e. The lowest BCUT2D eigenvalue weighted by molar-refractivity contribution is 0.669. The smallest absolute Gasteiger partial charge is 0.238 e. The summed E-state index contributed by atoms with van der Waals surface area (Å²) >= 11 is 1.77. The van der Waals surface area contributed by atoms with E-state index in [2.05, 4.69) is 126 Å². The molecule has 0 aliphatic carbocycles. The lowest BCUT2D eigenvalue weighted by Gasteiger charge is -2.32. The fourth-order valence-corrected chi connectivity index (χ4v) is 8.74. The van der Waals surface area contributed by atoms with Gasteiger partial charge in [-0.25, -0.2) is 4.98 Å². The van der Waals surface area contributed by atoms with Crippen LogP contribution in [0.15, 0.2) is 150 Å². The summed E-state index contributed by atoms with van der Waals surface area (Å²) in [6, 6.07) is 50.8. The highest BCUT2D eigenvalue weighted by Crippen LogP contribution is 2.50. The number of benzene rings is 7. The van der Waals surface area contributed by atoms with Gasteiger partial charge < -0.3 is 4.42 Å². The first-order chi connectivity index (χ1) is 24.3. The van der Waals surface area contributed by atoms with Crippen LogP contribution in [0.5, 0.6) is 0 Å². The number of furan rings is 1. The number of thiophene rings is 1. The van der Waals surface area contributed by atoms with Gasteiger partial charge in [0.1, 0.15) is 11.2 Å². The van der Waals surface area contributed by atoms with E-state index < -0.39 is 0 Å². The zero-order valence-corrected chi connectivity index (χ0v) is 26.8. The second-order valence-electron chi connectivity index (χ2n) is 12.4. The van der Waals surface area contributed by atoms with Crippen LogP contribution in [0.1, 0.15) is 0 Å². The van der Waals surface area contributed by atoms with E-state index in [-0.39, 0.29) is 0 Å². The molecule has 228 valence electrons. The third-order valence-electron chi connectivity index (χ3n) is 9.67. The fraction of sp³-hybridized carbons (Fsp3) is 0. The van der Waals surface area contributed by atoms with E-state index in [0.717, 1.165) is 54.7 Å². The minimum Gasteiger partial charge on any atom is -0.455 e. The molecular weight excluding hydrogens is 621 g/mol. The van der Waals surface area contributed by atoms with Gasteiger partial charge in [-0.1, -0.05) is 109 Å². The van der Waals surface area contributed by atoms with Crippen molar-refractivity contribution in [2.75, 3.05) is 4.90 Å². The molecule has 0 atom stereocenters. The summed E-state index contributed by atoms with van der Waals surface area (Å²) in [7, 11) is 0. The second kappa shape index (κ2) is 10.1. The highest BCUT2D eigenvalue weighted by atomic mass is 32.1. The van der Waals surface area contributed by atoms with Crippen LogP contribution in [0.2, 0.25) is 0 Å². The SMILES string of the molecule is c1ccc2c(c1)-c1cccc3cccc(c13)N2c1nc(-c2cccc3c2oc2ccccc23)nc(-c2cccc3c2sc2ccccc23)n1. The molecule has 0 radical (unpaired) electrons. The normalized spacial score (nSPS) is 12.4. The monoisotopic (exact) mass is 644 g/mol. The molecule has 1 aliphatic rings. The largest absolute Gasteiger partial charge is 0.455 e. The van der Waals surface area contributed by atoms with Crippen molar-refractivity contribution in [2.45, 2.75) is 0 Å². The number of aromatic nitrogens is 3. The van der Waals surface area contributed by atoms with Crippen LogP contribution >= 0.6 is 11.3 Å². The quantitative estimate of drug-likeness (QED) is 0.192. The van der Waals surface area contributed by atoms with Gasteiger partial charge in [-0.05, 0) is 47.3 Å². The lowest BCUT2D eigenvalue weighted by atomic mass is 9.91. The Bertz CT molecular complexity index is 2840. The molecule has 0 N–H and O–H groups in total. The molecule has 7 aromatic carbocycles. The zero-order valence-electron chi connectivity index (χ0n) is 26.0. The Morgan fingerprint density at radius 2 is 1.10 bits per heavy atom. The first-order valence-corrected chi connectivity index (χ1v) is 17.1. The van der Waals surface area contributed by atoms with Crippen LogP contribution < -0.4 is 4.90 Å². The summed E-state index contributed by atoms with van der Waals surface area (Å²) in [6.45, 7) is 0. The van der Waals surface area contributed by atoms with E-state index in [4.69, 9.17) is 19.4 Å². The Labute approximate surface area is 284 Å². The standard InChI is InChI=1S/C43H24N4OS/c1-4-21-34-26(13-1)29-16-7-11-25-12-8-22-35(38(25)29)47(34)43-45-41(32-19-9-17-30-27-14-2-5-23-36(27)48-39(30)32)44-42(46-43)33-20-10-18-31-28-15-3-6-24-37(28)49-40(31)33/h1-24H. The van der Waals surface area contributed by atoms with E-state index in [1.807, 2.05) is 24.3 Å². The Morgan fingerprint density at radius 1 is 0.469 bits per heavy atom.